The van der Waals surface area contributed by atoms with E-state index in [1.165, 1.54) is 0 Å². The number of likely N-dealkylation sites (N-methyl/N-ethyl adjacent to an activating group) is 2. The minimum Gasteiger partial charge on any atom is -0.303 e. The molecular formula is C7H15FN2. The predicted octanol–water partition coefficient (Wildman–Crippen LogP) is 0.202. The smallest absolute Gasteiger partial charge is 0.106 e. The second-order valence-corrected chi connectivity index (χ2v) is 3.05. The molecule has 10 heavy (non-hydrogen) atoms. The quantitative estimate of drug-likeness (QED) is 0.521. The van der Waals surface area contributed by atoms with Crippen LogP contribution in [0.3, 0.4) is 0 Å². The van der Waals surface area contributed by atoms with E-state index in [1.54, 1.807) is 0 Å². The van der Waals surface area contributed by atoms with Crippen molar-refractivity contribution in [2.75, 3.05) is 40.4 Å². The SMILES string of the molecule is CN1CCN(C)C(CF)C1. The highest BCUT2D eigenvalue weighted by Crippen LogP contribution is 2.05. The number of piperazine rings is 1. The van der Waals surface area contributed by atoms with Gasteiger partial charge < -0.3 is 4.90 Å². The minimum absolute atomic E-state index is 0.124. The second-order valence-electron chi connectivity index (χ2n) is 3.05. The number of alkyl halides is 1. The van der Waals surface area contributed by atoms with Gasteiger partial charge in [0.1, 0.15) is 6.67 Å². The lowest BCUT2D eigenvalue weighted by atomic mass is 10.2. The van der Waals surface area contributed by atoms with Gasteiger partial charge in [-0.3, -0.25) is 4.90 Å². The maximum absolute atomic E-state index is 12.2. The molecule has 0 amide bonds. The summed E-state index contributed by atoms with van der Waals surface area (Å²) in [6.45, 7) is 2.70. The standard InChI is InChI=1S/C7H15FN2/c1-9-3-4-10(2)7(5-8)6-9/h7H,3-6H2,1-2H3. The van der Waals surface area contributed by atoms with Crippen LogP contribution >= 0.6 is 0 Å². The lowest BCUT2D eigenvalue weighted by Crippen LogP contribution is -2.50. The molecule has 0 bridgehead atoms. The van der Waals surface area contributed by atoms with Gasteiger partial charge in [-0.25, -0.2) is 4.39 Å². The zero-order chi connectivity index (χ0) is 7.56. The van der Waals surface area contributed by atoms with E-state index in [-0.39, 0.29) is 12.7 Å². The van der Waals surface area contributed by atoms with Crippen molar-refractivity contribution in [3.8, 4) is 0 Å². The van der Waals surface area contributed by atoms with Gasteiger partial charge in [0, 0.05) is 19.6 Å². The van der Waals surface area contributed by atoms with Gasteiger partial charge in [0.2, 0.25) is 0 Å². The molecule has 0 radical (unpaired) electrons. The van der Waals surface area contributed by atoms with Crippen LogP contribution in [0.4, 0.5) is 4.39 Å². The van der Waals surface area contributed by atoms with Crippen molar-refractivity contribution in [2.24, 2.45) is 0 Å². The van der Waals surface area contributed by atoms with Crippen LogP contribution in [0.15, 0.2) is 0 Å². The molecule has 0 aliphatic carbocycles. The van der Waals surface area contributed by atoms with Crippen LogP contribution in [0.1, 0.15) is 0 Å². The monoisotopic (exact) mass is 146 g/mol. The Kier molecular flexibility index (Phi) is 2.63. The predicted molar refractivity (Wildman–Crippen MR) is 39.9 cm³/mol. The van der Waals surface area contributed by atoms with Crippen molar-refractivity contribution in [1.29, 1.82) is 0 Å². The summed E-state index contributed by atoms with van der Waals surface area (Å²) in [5, 5.41) is 0. The molecular weight excluding hydrogens is 131 g/mol. The van der Waals surface area contributed by atoms with E-state index in [0.29, 0.717) is 0 Å². The van der Waals surface area contributed by atoms with Gasteiger partial charge in [-0.1, -0.05) is 0 Å². The average molecular weight is 146 g/mol. The van der Waals surface area contributed by atoms with Crippen molar-refractivity contribution in [3.63, 3.8) is 0 Å². The summed E-state index contributed by atoms with van der Waals surface area (Å²) in [5.74, 6) is 0. The summed E-state index contributed by atoms with van der Waals surface area (Å²) in [6, 6.07) is 0.124. The third-order valence-electron chi connectivity index (χ3n) is 2.16. The highest BCUT2D eigenvalue weighted by molar-refractivity contribution is 4.77. The third kappa shape index (κ3) is 1.67. The molecule has 3 heteroatoms. The molecule has 1 heterocycles. The van der Waals surface area contributed by atoms with E-state index < -0.39 is 0 Å². The fourth-order valence-corrected chi connectivity index (χ4v) is 1.27. The van der Waals surface area contributed by atoms with Gasteiger partial charge >= 0.3 is 0 Å². The van der Waals surface area contributed by atoms with Gasteiger partial charge in [0.15, 0.2) is 0 Å². The number of halogens is 1. The maximum atomic E-state index is 12.2. The van der Waals surface area contributed by atoms with Gasteiger partial charge in [0.25, 0.3) is 0 Å². The summed E-state index contributed by atoms with van der Waals surface area (Å²) >= 11 is 0. The molecule has 1 fully saturated rings. The van der Waals surface area contributed by atoms with Gasteiger partial charge in [0.05, 0.1) is 6.04 Å². The van der Waals surface area contributed by atoms with Crippen LogP contribution in [0.2, 0.25) is 0 Å². The molecule has 0 spiro atoms. The Balaban J connectivity index is 2.38. The Morgan fingerprint density at radius 3 is 2.60 bits per heavy atom. The molecule has 1 unspecified atom stereocenters. The van der Waals surface area contributed by atoms with Crippen molar-refractivity contribution >= 4 is 0 Å². The lowest BCUT2D eigenvalue weighted by Gasteiger charge is -2.35. The molecule has 0 aromatic heterocycles. The van der Waals surface area contributed by atoms with Crippen LogP contribution in [-0.2, 0) is 0 Å². The molecule has 2 nitrogen and oxygen atoms in total. The molecule has 1 aliphatic heterocycles. The van der Waals surface area contributed by atoms with Crippen molar-refractivity contribution in [3.05, 3.63) is 0 Å². The average Bonchev–Trinajstić information content (AvgIpc) is 1.94. The zero-order valence-electron chi connectivity index (χ0n) is 6.68. The summed E-state index contributed by atoms with van der Waals surface area (Å²) < 4.78 is 12.2. The van der Waals surface area contributed by atoms with Crippen molar-refractivity contribution in [2.45, 2.75) is 6.04 Å². The van der Waals surface area contributed by atoms with E-state index >= 15 is 0 Å². The first-order valence-corrected chi connectivity index (χ1v) is 3.69. The van der Waals surface area contributed by atoms with Gasteiger partial charge in [-0.2, -0.15) is 0 Å². The number of rotatable bonds is 1. The van der Waals surface area contributed by atoms with E-state index in [0.717, 1.165) is 19.6 Å². The van der Waals surface area contributed by atoms with E-state index in [1.807, 2.05) is 14.1 Å². The lowest BCUT2D eigenvalue weighted by molar-refractivity contribution is 0.0963. The second kappa shape index (κ2) is 3.30. The van der Waals surface area contributed by atoms with Gasteiger partial charge in [-0.05, 0) is 14.1 Å². The summed E-state index contributed by atoms with van der Waals surface area (Å²) in [4.78, 5) is 4.25. The van der Waals surface area contributed by atoms with E-state index in [9.17, 15) is 4.39 Å². The summed E-state index contributed by atoms with van der Waals surface area (Å²) in [6.07, 6.45) is 0. The van der Waals surface area contributed by atoms with Gasteiger partial charge in [-0.15, -0.1) is 0 Å². The molecule has 1 rings (SSSR count). The Morgan fingerprint density at radius 1 is 1.40 bits per heavy atom. The topological polar surface area (TPSA) is 6.48 Å². The van der Waals surface area contributed by atoms with E-state index in [2.05, 4.69) is 9.80 Å². The van der Waals surface area contributed by atoms with E-state index in [4.69, 9.17) is 0 Å². The molecule has 1 saturated heterocycles. The number of nitrogens with zero attached hydrogens (tertiary/aromatic N) is 2. The molecule has 0 aromatic rings. The Bertz CT molecular complexity index is 108. The maximum Gasteiger partial charge on any atom is 0.106 e. The summed E-state index contributed by atoms with van der Waals surface area (Å²) in [5.41, 5.74) is 0. The minimum atomic E-state index is -0.221. The molecule has 1 atom stereocenters. The Morgan fingerprint density at radius 2 is 2.10 bits per heavy atom. The van der Waals surface area contributed by atoms with Crippen LogP contribution < -0.4 is 0 Å². The normalized spacial score (nSPS) is 30.9. The molecule has 1 aliphatic rings. The summed E-state index contributed by atoms with van der Waals surface area (Å²) in [7, 11) is 4.02. The first kappa shape index (κ1) is 7.95. The highest BCUT2D eigenvalue weighted by Gasteiger charge is 2.21. The zero-order valence-corrected chi connectivity index (χ0v) is 6.68. The first-order valence-electron chi connectivity index (χ1n) is 3.69. The van der Waals surface area contributed by atoms with Crippen LogP contribution in [0, 0.1) is 0 Å². The van der Waals surface area contributed by atoms with Crippen LogP contribution in [0.25, 0.3) is 0 Å². The molecule has 60 valence electrons. The third-order valence-corrected chi connectivity index (χ3v) is 2.16. The molecule has 0 saturated carbocycles. The fourth-order valence-electron chi connectivity index (χ4n) is 1.27. The fraction of sp³-hybridized carbons (Fsp3) is 1.00. The molecule has 0 aromatic carbocycles. The van der Waals surface area contributed by atoms with Crippen molar-refractivity contribution in [1.82, 2.24) is 9.80 Å². The van der Waals surface area contributed by atoms with Crippen molar-refractivity contribution < 1.29 is 4.39 Å². The number of hydrogen-bond donors (Lipinski definition) is 0. The highest BCUT2D eigenvalue weighted by atomic mass is 19.1. The molecule has 0 N–H and O–H groups in total. The number of hydrogen-bond acceptors (Lipinski definition) is 2. The Labute approximate surface area is 61.6 Å². The van der Waals surface area contributed by atoms with Crippen LogP contribution in [-0.4, -0.2) is 56.2 Å². The first-order chi connectivity index (χ1) is 4.74. The Hall–Kier alpha value is -0.150. The largest absolute Gasteiger partial charge is 0.303 e. The van der Waals surface area contributed by atoms with Crippen LogP contribution in [0.5, 0.6) is 0 Å².